The molecular formula is C15H15N5OS. The van der Waals surface area contributed by atoms with Gasteiger partial charge in [-0.2, -0.15) is 5.10 Å². The van der Waals surface area contributed by atoms with Crippen LogP contribution >= 0.6 is 11.5 Å². The van der Waals surface area contributed by atoms with Gasteiger partial charge in [0.1, 0.15) is 0 Å². The number of amides is 1. The normalized spacial score (nSPS) is 12.1. The predicted octanol–water partition coefficient (Wildman–Crippen LogP) is 2.52. The van der Waals surface area contributed by atoms with Gasteiger partial charge in [-0.15, -0.1) is 5.10 Å². The minimum Gasteiger partial charge on any atom is -0.344 e. The molecule has 1 amide bonds. The Kier molecular flexibility index (Phi) is 3.97. The van der Waals surface area contributed by atoms with Crippen LogP contribution < -0.4 is 5.32 Å². The summed E-state index contributed by atoms with van der Waals surface area (Å²) in [6, 6.07) is 9.73. The minimum absolute atomic E-state index is 0.160. The van der Waals surface area contributed by atoms with Gasteiger partial charge in [0.15, 0.2) is 5.69 Å². The second kappa shape index (κ2) is 6.07. The zero-order valence-electron chi connectivity index (χ0n) is 12.2. The van der Waals surface area contributed by atoms with Crippen LogP contribution in [0, 0.1) is 6.92 Å². The van der Waals surface area contributed by atoms with Crippen LogP contribution in [-0.4, -0.2) is 25.3 Å². The van der Waals surface area contributed by atoms with Crippen LogP contribution in [0.1, 0.15) is 34.7 Å². The number of hydrogen-bond donors (Lipinski definition) is 1. The second-order valence-electron chi connectivity index (χ2n) is 4.92. The fourth-order valence-electron chi connectivity index (χ4n) is 2.29. The lowest BCUT2D eigenvalue weighted by Crippen LogP contribution is -2.27. The van der Waals surface area contributed by atoms with Gasteiger partial charge in [0.25, 0.3) is 5.91 Å². The summed E-state index contributed by atoms with van der Waals surface area (Å²) in [5, 5.41) is 12.7. The van der Waals surface area contributed by atoms with Gasteiger partial charge < -0.3 is 5.32 Å². The lowest BCUT2D eigenvalue weighted by molar-refractivity contribution is 0.0935. The molecule has 0 spiro atoms. The van der Waals surface area contributed by atoms with Gasteiger partial charge in [0.05, 0.1) is 17.9 Å². The Labute approximate surface area is 132 Å². The largest absolute Gasteiger partial charge is 0.344 e. The number of nitrogens with one attached hydrogen (secondary N) is 1. The lowest BCUT2D eigenvalue weighted by atomic mass is 10.1. The number of carbonyl (C=O) groups is 1. The van der Waals surface area contributed by atoms with E-state index in [1.807, 2.05) is 48.9 Å². The summed E-state index contributed by atoms with van der Waals surface area (Å²) >= 11 is 1.16. The number of aromatic nitrogens is 4. The summed E-state index contributed by atoms with van der Waals surface area (Å²) in [6.45, 7) is 3.92. The molecule has 2 aromatic heterocycles. The monoisotopic (exact) mass is 313 g/mol. The van der Waals surface area contributed by atoms with Crippen molar-refractivity contribution in [3.05, 3.63) is 58.9 Å². The SMILES string of the molecule is Cc1c([C@@H](C)NC(=O)c2csnn2)cnn1-c1ccccc1. The van der Waals surface area contributed by atoms with Crippen molar-refractivity contribution in [1.29, 1.82) is 0 Å². The Morgan fingerprint density at radius 3 is 2.77 bits per heavy atom. The molecule has 0 bridgehead atoms. The molecule has 6 nitrogen and oxygen atoms in total. The highest BCUT2D eigenvalue weighted by Crippen LogP contribution is 2.20. The van der Waals surface area contributed by atoms with Crippen LogP contribution in [-0.2, 0) is 0 Å². The van der Waals surface area contributed by atoms with Crippen molar-refractivity contribution in [1.82, 2.24) is 24.7 Å². The van der Waals surface area contributed by atoms with Gasteiger partial charge in [-0.1, -0.05) is 22.7 Å². The Morgan fingerprint density at radius 2 is 2.09 bits per heavy atom. The molecule has 0 saturated carbocycles. The molecule has 0 saturated heterocycles. The standard InChI is InChI=1S/C15H15N5OS/c1-10(17-15(21)14-9-22-19-18-14)13-8-16-20(11(13)2)12-6-4-3-5-7-12/h3-10H,1-2H3,(H,17,21)/t10-/m1/s1. The van der Waals surface area contributed by atoms with E-state index in [9.17, 15) is 4.79 Å². The maximum Gasteiger partial charge on any atom is 0.273 e. The van der Waals surface area contributed by atoms with Gasteiger partial charge in [0.2, 0.25) is 0 Å². The number of nitrogens with zero attached hydrogens (tertiary/aromatic N) is 4. The van der Waals surface area contributed by atoms with Crippen LogP contribution in [0.25, 0.3) is 5.69 Å². The highest BCUT2D eigenvalue weighted by Gasteiger charge is 2.18. The van der Waals surface area contributed by atoms with E-state index < -0.39 is 0 Å². The molecule has 22 heavy (non-hydrogen) atoms. The van der Waals surface area contributed by atoms with Crippen LogP contribution in [0.2, 0.25) is 0 Å². The topological polar surface area (TPSA) is 72.7 Å². The third-order valence-corrected chi connectivity index (χ3v) is 3.96. The minimum atomic E-state index is -0.229. The molecule has 0 aliphatic rings. The van der Waals surface area contributed by atoms with E-state index in [1.165, 1.54) is 0 Å². The summed E-state index contributed by atoms with van der Waals surface area (Å²) in [7, 11) is 0. The Morgan fingerprint density at radius 1 is 1.32 bits per heavy atom. The van der Waals surface area contributed by atoms with Crippen molar-refractivity contribution in [3.63, 3.8) is 0 Å². The molecule has 0 aliphatic heterocycles. The molecule has 1 atom stereocenters. The van der Waals surface area contributed by atoms with Crippen molar-refractivity contribution in [3.8, 4) is 5.69 Å². The molecule has 7 heteroatoms. The average Bonchev–Trinajstić information content (AvgIpc) is 3.17. The highest BCUT2D eigenvalue weighted by atomic mass is 32.1. The molecule has 3 rings (SSSR count). The third-order valence-electron chi connectivity index (χ3n) is 3.46. The Bertz CT molecular complexity index is 767. The van der Waals surface area contributed by atoms with Gasteiger partial charge in [0, 0.05) is 16.6 Å². The summed E-state index contributed by atoms with van der Waals surface area (Å²) in [5.41, 5.74) is 3.30. The maximum atomic E-state index is 12.0. The zero-order valence-corrected chi connectivity index (χ0v) is 13.0. The Hall–Kier alpha value is -2.54. The predicted molar refractivity (Wildman–Crippen MR) is 84.1 cm³/mol. The Balaban J connectivity index is 1.81. The molecule has 0 fully saturated rings. The van der Waals surface area contributed by atoms with Crippen molar-refractivity contribution in [2.75, 3.05) is 0 Å². The van der Waals surface area contributed by atoms with Crippen LogP contribution in [0.3, 0.4) is 0 Å². The van der Waals surface area contributed by atoms with E-state index >= 15 is 0 Å². The average molecular weight is 313 g/mol. The number of rotatable bonds is 4. The fraction of sp³-hybridized carbons (Fsp3) is 0.200. The van der Waals surface area contributed by atoms with Gasteiger partial charge in [-0.25, -0.2) is 4.68 Å². The lowest BCUT2D eigenvalue weighted by Gasteiger charge is -2.13. The first-order chi connectivity index (χ1) is 10.7. The second-order valence-corrected chi connectivity index (χ2v) is 5.53. The van der Waals surface area contributed by atoms with E-state index in [0.29, 0.717) is 5.69 Å². The first-order valence-electron chi connectivity index (χ1n) is 6.84. The van der Waals surface area contributed by atoms with Crippen molar-refractivity contribution >= 4 is 17.4 Å². The van der Waals surface area contributed by atoms with Gasteiger partial charge >= 0.3 is 0 Å². The van der Waals surface area contributed by atoms with Crippen molar-refractivity contribution in [2.24, 2.45) is 0 Å². The van der Waals surface area contributed by atoms with Crippen LogP contribution in [0.15, 0.2) is 41.9 Å². The summed E-state index contributed by atoms with van der Waals surface area (Å²) in [4.78, 5) is 12.0. The van der Waals surface area contributed by atoms with Crippen molar-refractivity contribution < 1.29 is 4.79 Å². The van der Waals surface area contributed by atoms with Gasteiger partial charge in [-0.05, 0) is 37.5 Å². The van der Waals surface area contributed by atoms with E-state index in [0.717, 1.165) is 28.5 Å². The molecule has 112 valence electrons. The molecule has 1 aromatic carbocycles. The first-order valence-corrected chi connectivity index (χ1v) is 7.68. The quantitative estimate of drug-likeness (QED) is 0.803. The molecule has 0 aliphatic carbocycles. The van der Waals surface area contributed by atoms with E-state index in [1.54, 1.807) is 11.6 Å². The van der Waals surface area contributed by atoms with E-state index in [2.05, 4.69) is 20.0 Å². The van der Waals surface area contributed by atoms with E-state index in [-0.39, 0.29) is 11.9 Å². The number of carbonyl (C=O) groups excluding carboxylic acids is 1. The molecule has 0 unspecified atom stereocenters. The van der Waals surface area contributed by atoms with Gasteiger partial charge in [-0.3, -0.25) is 4.79 Å². The summed E-state index contributed by atoms with van der Waals surface area (Å²) in [6.07, 6.45) is 1.78. The molecule has 1 N–H and O–H groups in total. The maximum absolute atomic E-state index is 12.0. The first kappa shape index (κ1) is 14.4. The molecule has 3 aromatic rings. The highest BCUT2D eigenvalue weighted by molar-refractivity contribution is 7.03. The zero-order chi connectivity index (χ0) is 15.5. The fourth-order valence-corrected chi connectivity index (χ4v) is 2.73. The van der Waals surface area contributed by atoms with Crippen LogP contribution in [0.5, 0.6) is 0 Å². The third kappa shape index (κ3) is 2.75. The van der Waals surface area contributed by atoms with Crippen molar-refractivity contribution in [2.45, 2.75) is 19.9 Å². The van der Waals surface area contributed by atoms with Crippen LogP contribution in [0.4, 0.5) is 0 Å². The summed E-state index contributed by atoms with van der Waals surface area (Å²) < 4.78 is 5.56. The molecule has 2 heterocycles. The number of para-hydroxylation sites is 1. The molecule has 0 radical (unpaired) electrons. The number of hydrogen-bond acceptors (Lipinski definition) is 5. The summed E-state index contributed by atoms with van der Waals surface area (Å²) in [5.74, 6) is -0.229. The van der Waals surface area contributed by atoms with E-state index in [4.69, 9.17) is 0 Å². The molecular weight excluding hydrogens is 298 g/mol. The smallest absolute Gasteiger partial charge is 0.273 e. The number of benzene rings is 1.